The average molecular weight is 487 g/mol. The van der Waals surface area contributed by atoms with Gasteiger partial charge in [-0.1, -0.05) is 74.5 Å². The fourth-order valence-corrected chi connectivity index (χ4v) is 7.39. The van der Waals surface area contributed by atoms with E-state index < -0.39 is 22.7 Å². The third kappa shape index (κ3) is 2.70. The van der Waals surface area contributed by atoms with Crippen LogP contribution < -0.4 is 4.90 Å². The summed E-state index contributed by atoms with van der Waals surface area (Å²) in [6, 6.07) is 28.3. The van der Waals surface area contributed by atoms with Gasteiger partial charge in [0, 0.05) is 0 Å². The predicted molar refractivity (Wildman–Crippen MR) is 141 cm³/mol. The summed E-state index contributed by atoms with van der Waals surface area (Å²) in [6.07, 6.45) is 0.852. The number of allylic oxidation sites excluding steroid dienone is 2. The van der Waals surface area contributed by atoms with Crippen LogP contribution in [0.3, 0.4) is 0 Å². The van der Waals surface area contributed by atoms with Crippen molar-refractivity contribution in [2.45, 2.75) is 26.7 Å². The van der Waals surface area contributed by atoms with E-state index in [-0.39, 0.29) is 17.6 Å². The highest BCUT2D eigenvalue weighted by Crippen LogP contribution is 2.75. The summed E-state index contributed by atoms with van der Waals surface area (Å²) < 4.78 is 0. The van der Waals surface area contributed by atoms with Crippen molar-refractivity contribution >= 4 is 34.4 Å². The monoisotopic (exact) mass is 486 g/mol. The van der Waals surface area contributed by atoms with E-state index >= 15 is 0 Å². The molecule has 2 amide bonds. The van der Waals surface area contributed by atoms with E-state index in [2.05, 4.69) is 6.07 Å². The zero-order valence-electron chi connectivity index (χ0n) is 20.8. The second kappa shape index (κ2) is 8.11. The summed E-state index contributed by atoms with van der Waals surface area (Å²) in [5.41, 5.74) is 2.31. The third-order valence-corrected chi connectivity index (χ3v) is 8.82. The largest absolute Gasteiger partial charge is 0.298 e. The molecule has 2 bridgehead atoms. The molecule has 1 aliphatic heterocycles. The lowest BCUT2D eigenvalue weighted by Crippen LogP contribution is -2.41. The Morgan fingerprint density at radius 2 is 1.14 bits per heavy atom. The number of hydrogen-bond donors (Lipinski definition) is 0. The molecule has 0 spiro atoms. The second-order valence-corrected chi connectivity index (χ2v) is 10.1. The number of anilines is 1. The maximum atomic E-state index is 14.7. The van der Waals surface area contributed by atoms with Gasteiger partial charge in [0.05, 0.1) is 40.0 Å². The molecule has 2 aliphatic carbocycles. The van der Waals surface area contributed by atoms with Gasteiger partial charge in [0.15, 0.2) is 5.78 Å². The molecule has 3 aliphatic rings. The number of imide groups is 1. The molecule has 0 aromatic heterocycles. The van der Waals surface area contributed by atoms with E-state index in [1.165, 1.54) is 4.90 Å². The van der Waals surface area contributed by atoms with Crippen LogP contribution in [-0.2, 0) is 14.4 Å². The molecule has 3 aromatic rings. The predicted octanol–water partition coefficient (Wildman–Crippen LogP) is 5.66. The molecule has 1 heterocycles. The van der Waals surface area contributed by atoms with Gasteiger partial charge in [0.25, 0.3) is 0 Å². The quantitative estimate of drug-likeness (QED) is 0.436. The smallest absolute Gasteiger partial charge is 0.239 e. The van der Waals surface area contributed by atoms with Crippen LogP contribution in [0.4, 0.5) is 5.69 Å². The number of nitriles is 1. The van der Waals surface area contributed by atoms with Crippen LogP contribution in [0.15, 0.2) is 84.9 Å². The topological polar surface area (TPSA) is 78.2 Å². The van der Waals surface area contributed by atoms with Gasteiger partial charge in [-0.2, -0.15) is 5.26 Å². The van der Waals surface area contributed by atoms with E-state index in [0.29, 0.717) is 24.1 Å². The van der Waals surface area contributed by atoms with Crippen molar-refractivity contribution in [3.63, 3.8) is 0 Å². The number of Topliss-reactive ketones (excluding diaryl/α,β-unsaturated/α-hetero) is 1. The first-order chi connectivity index (χ1) is 18.0. The van der Waals surface area contributed by atoms with E-state index in [4.69, 9.17) is 0 Å². The highest BCUT2D eigenvalue weighted by Gasteiger charge is 2.80. The van der Waals surface area contributed by atoms with Crippen LogP contribution in [-0.4, -0.2) is 17.6 Å². The zero-order chi connectivity index (χ0) is 25.9. The second-order valence-electron chi connectivity index (χ2n) is 10.1. The minimum atomic E-state index is -1.10. The molecule has 4 atom stereocenters. The van der Waals surface area contributed by atoms with Crippen LogP contribution >= 0.6 is 0 Å². The molecule has 37 heavy (non-hydrogen) atoms. The number of benzene rings is 3. The van der Waals surface area contributed by atoms with Gasteiger partial charge in [0.1, 0.15) is 0 Å². The molecule has 2 fully saturated rings. The van der Waals surface area contributed by atoms with Crippen molar-refractivity contribution in [1.29, 1.82) is 5.26 Å². The van der Waals surface area contributed by atoms with Crippen LogP contribution in [0.25, 0.3) is 11.1 Å². The Bertz CT molecular complexity index is 1430. The number of carbonyl (C=O) groups is 3. The third-order valence-electron chi connectivity index (χ3n) is 8.82. The van der Waals surface area contributed by atoms with Gasteiger partial charge in [-0.15, -0.1) is 0 Å². The molecule has 5 nitrogen and oxygen atoms in total. The van der Waals surface area contributed by atoms with Crippen molar-refractivity contribution in [1.82, 2.24) is 0 Å². The minimum Gasteiger partial charge on any atom is -0.298 e. The van der Waals surface area contributed by atoms with Crippen molar-refractivity contribution < 1.29 is 14.4 Å². The molecular formula is C32H26N2O3. The first-order valence-electron chi connectivity index (χ1n) is 12.8. The Morgan fingerprint density at radius 3 is 1.51 bits per heavy atom. The van der Waals surface area contributed by atoms with Gasteiger partial charge in [0.2, 0.25) is 11.8 Å². The number of hydrogen-bond acceptors (Lipinski definition) is 4. The Balaban J connectivity index is 1.65. The summed E-state index contributed by atoms with van der Waals surface area (Å²) in [5.74, 6) is -2.19. The minimum absolute atomic E-state index is 0.00103. The van der Waals surface area contributed by atoms with Crippen molar-refractivity contribution in [2.75, 3.05) is 4.90 Å². The Kier molecular flexibility index (Phi) is 5.07. The summed E-state index contributed by atoms with van der Waals surface area (Å²) in [7, 11) is 0. The fraction of sp³-hybridized carbons (Fsp3) is 0.250. The molecular weight excluding hydrogens is 460 g/mol. The molecule has 3 aromatic carbocycles. The number of amides is 2. The number of ketones is 1. The molecule has 182 valence electrons. The van der Waals surface area contributed by atoms with Gasteiger partial charge in [-0.25, -0.2) is 4.90 Å². The number of carbonyl (C=O) groups excluding carboxylic acids is 3. The maximum absolute atomic E-state index is 14.7. The van der Waals surface area contributed by atoms with Gasteiger partial charge < -0.3 is 0 Å². The number of fused-ring (bicyclic) bond motifs is 5. The summed E-state index contributed by atoms with van der Waals surface area (Å²) >= 11 is 0. The van der Waals surface area contributed by atoms with Crippen LogP contribution in [0.5, 0.6) is 0 Å². The summed E-state index contributed by atoms with van der Waals surface area (Å²) in [5, 5.41) is 9.20. The van der Waals surface area contributed by atoms with Gasteiger partial charge in [-0.3, -0.25) is 14.4 Å². The molecule has 0 unspecified atom stereocenters. The van der Waals surface area contributed by atoms with Crippen molar-refractivity contribution in [3.8, 4) is 6.07 Å². The molecule has 1 saturated carbocycles. The first kappa shape index (κ1) is 23.1. The molecule has 1 saturated heterocycles. The first-order valence-corrected chi connectivity index (χ1v) is 12.8. The van der Waals surface area contributed by atoms with Crippen molar-refractivity contribution in [2.24, 2.45) is 22.7 Å². The molecule has 6 rings (SSSR count). The fourth-order valence-electron chi connectivity index (χ4n) is 7.39. The summed E-state index contributed by atoms with van der Waals surface area (Å²) in [4.78, 5) is 44.3. The van der Waals surface area contributed by atoms with E-state index in [1.807, 2.05) is 74.5 Å². The number of rotatable bonds is 5. The Labute approximate surface area is 216 Å². The Hall–Kier alpha value is -4.30. The zero-order valence-corrected chi connectivity index (χ0v) is 20.8. The van der Waals surface area contributed by atoms with Crippen molar-refractivity contribution in [3.05, 3.63) is 102 Å². The standard InChI is InChI=1S/C32H26N2O3/c1-3-31-24(21-11-7-5-8-12-21)25(22-13-9-6-10-14-22)32(4-2,30(31)37)27-26(31)28(35)34(29(27)36)23-17-15-20(19-33)16-18-23/h5-18,26-27H,3-4H2,1-2H3/t26-,27-,31-,32+/m1/s1. The Morgan fingerprint density at radius 1 is 0.703 bits per heavy atom. The van der Waals surface area contributed by atoms with E-state index in [9.17, 15) is 19.6 Å². The van der Waals surface area contributed by atoms with Crippen LogP contribution in [0, 0.1) is 34.0 Å². The SMILES string of the molecule is CC[C@]12C(=O)[C@](CC)(C(c3ccccc3)=C1c1ccccc1)[C@H]1C(=O)N(c3ccc(C#N)cc3)C(=O)[C@@H]12. The van der Waals surface area contributed by atoms with E-state index in [0.717, 1.165) is 22.3 Å². The lowest BCUT2D eigenvalue weighted by molar-refractivity contribution is -0.134. The van der Waals surface area contributed by atoms with Gasteiger partial charge in [-0.05, 0) is 59.4 Å². The molecule has 0 N–H and O–H groups in total. The van der Waals surface area contributed by atoms with Gasteiger partial charge >= 0.3 is 0 Å². The van der Waals surface area contributed by atoms with Crippen LogP contribution in [0.1, 0.15) is 43.4 Å². The highest BCUT2D eigenvalue weighted by atomic mass is 16.2. The lowest BCUT2D eigenvalue weighted by Gasteiger charge is -2.38. The lowest BCUT2D eigenvalue weighted by atomic mass is 9.60. The number of nitrogens with zero attached hydrogens (tertiary/aromatic N) is 2. The average Bonchev–Trinajstić information content (AvgIpc) is 3.45. The van der Waals surface area contributed by atoms with E-state index in [1.54, 1.807) is 24.3 Å². The maximum Gasteiger partial charge on any atom is 0.239 e. The normalized spacial score (nSPS) is 28.1. The molecule has 0 radical (unpaired) electrons. The van der Waals surface area contributed by atoms with Crippen LogP contribution in [0.2, 0.25) is 0 Å². The summed E-state index contributed by atoms with van der Waals surface area (Å²) in [6.45, 7) is 3.92. The molecule has 5 heteroatoms. The highest BCUT2D eigenvalue weighted by molar-refractivity contribution is 6.34.